The molecule has 1 amide bonds. The molecule has 0 spiro atoms. The van der Waals surface area contributed by atoms with Crippen LogP contribution in [0.4, 0.5) is 5.69 Å². The molecular formula is C27H33N3O7. The van der Waals surface area contributed by atoms with Crippen molar-refractivity contribution >= 4 is 28.5 Å². The highest BCUT2D eigenvalue weighted by atomic mass is 16.5. The molecule has 0 saturated carbocycles. The lowest BCUT2D eigenvalue weighted by atomic mass is 10.1. The van der Waals surface area contributed by atoms with Crippen molar-refractivity contribution in [3.8, 4) is 17.2 Å². The molecule has 0 aliphatic rings. The largest absolute Gasteiger partial charge is 0.493 e. The first-order valence-electron chi connectivity index (χ1n) is 12.1. The second-order valence-corrected chi connectivity index (χ2v) is 8.18. The number of nitrogens with one attached hydrogen (secondary N) is 1. The summed E-state index contributed by atoms with van der Waals surface area (Å²) in [4.78, 5) is 29.9. The van der Waals surface area contributed by atoms with Gasteiger partial charge in [-0.1, -0.05) is 13.0 Å². The number of fused-ring (bicyclic) bond motifs is 1. The Morgan fingerprint density at radius 1 is 1.11 bits per heavy atom. The van der Waals surface area contributed by atoms with E-state index in [0.29, 0.717) is 45.8 Å². The highest BCUT2D eigenvalue weighted by molar-refractivity contribution is 6.07. The van der Waals surface area contributed by atoms with Crippen LogP contribution in [0.1, 0.15) is 46.7 Å². The Kier molecular flexibility index (Phi) is 9.51. The van der Waals surface area contributed by atoms with E-state index in [-0.39, 0.29) is 49.6 Å². The molecule has 2 aromatic carbocycles. The van der Waals surface area contributed by atoms with Gasteiger partial charge in [-0.25, -0.2) is 4.79 Å². The summed E-state index contributed by atoms with van der Waals surface area (Å²) in [6.07, 6.45) is 0.603. The number of aromatic nitrogens is 1. The first-order valence-corrected chi connectivity index (χ1v) is 12.1. The van der Waals surface area contributed by atoms with Gasteiger partial charge in [0.2, 0.25) is 0 Å². The number of nitrogens with two attached hydrogens (primary N) is 1. The van der Waals surface area contributed by atoms with E-state index < -0.39 is 5.97 Å². The summed E-state index contributed by atoms with van der Waals surface area (Å²) in [6, 6.07) is 9.83. The van der Waals surface area contributed by atoms with E-state index in [4.69, 9.17) is 29.8 Å². The molecule has 3 rings (SSSR count). The highest BCUT2D eigenvalue weighted by Crippen LogP contribution is 2.34. The number of nitrogen functional groups attached to an aromatic ring is 1. The van der Waals surface area contributed by atoms with Crippen LogP contribution in [-0.4, -0.2) is 61.5 Å². The quantitative estimate of drug-likeness (QED) is 0.312. The highest BCUT2D eigenvalue weighted by Gasteiger charge is 2.21. The van der Waals surface area contributed by atoms with Crippen LogP contribution in [0.3, 0.4) is 0 Å². The van der Waals surface area contributed by atoms with Gasteiger partial charge < -0.3 is 35.1 Å². The zero-order valence-electron chi connectivity index (χ0n) is 21.5. The minimum atomic E-state index is -0.538. The summed E-state index contributed by atoms with van der Waals surface area (Å²) < 4.78 is 22.0. The van der Waals surface area contributed by atoms with Crippen molar-refractivity contribution in [3.63, 3.8) is 0 Å². The topological polar surface area (TPSA) is 142 Å². The number of carbonyl (C=O) groups is 2. The van der Waals surface area contributed by atoms with Crippen LogP contribution in [0, 0.1) is 6.92 Å². The second kappa shape index (κ2) is 12.8. The fraction of sp³-hybridized carbons (Fsp3) is 0.370. The Labute approximate surface area is 215 Å². The summed E-state index contributed by atoms with van der Waals surface area (Å²) in [5.74, 6) is 0.429. The number of benzene rings is 2. The lowest BCUT2D eigenvalue weighted by Gasteiger charge is -2.20. The number of aliphatic hydroxyl groups excluding tert-OH is 1. The Morgan fingerprint density at radius 3 is 2.57 bits per heavy atom. The molecule has 0 aliphatic carbocycles. The second-order valence-electron chi connectivity index (χ2n) is 8.18. The molecule has 0 aliphatic heterocycles. The molecule has 4 N–H and O–H groups in total. The third-order valence-electron chi connectivity index (χ3n) is 5.72. The maximum atomic E-state index is 12.9. The predicted molar refractivity (Wildman–Crippen MR) is 139 cm³/mol. The fourth-order valence-electron chi connectivity index (χ4n) is 3.83. The summed E-state index contributed by atoms with van der Waals surface area (Å²) in [5, 5.41) is 12.4. The van der Waals surface area contributed by atoms with E-state index in [1.54, 1.807) is 50.2 Å². The molecular weight excluding hydrogens is 478 g/mol. The lowest BCUT2D eigenvalue weighted by molar-refractivity contribution is 0.0526. The minimum absolute atomic E-state index is 0.117. The summed E-state index contributed by atoms with van der Waals surface area (Å²) in [5.41, 5.74) is 8.30. The number of carbonyl (C=O) groups excluding carboxylic acids is 2. The maximum Gasteiger partial charge on any atom is 0.342 e. The first-order chi connectivity index (χ1) is 17.8. The van der Waals surface area contributed by atoms with E-state index in [9.17, 15) is 9.59 Å². The molecule has 1 atom stereocenters. The van der Waals surface area contributed by atoms with Crippen molar-refractivity contribution in [2.24, 2.45) is 0 Å². The normalized spacial score (nSPS) is 11.6. The number of nitrogens with zero attached hydrogens (tertiary/aromatic N) is 1. The number of esters is 1. The van der Waals surface area contributed by atoms with Gasteiger partial charge in [0, 0.05) is 5.56 Å². The monoisotopic (exact) mass is 511 g/mol. The van der Waals surface area contributed by atoms with Crippen molar-refractivity contribution in [2.45, 2.75) is 33.2 Å². The van der Waals surface area contributed by atoms with Gasteiger partial charge in [0.05, 0.1) is 48.6 Å². The Bertz CT molecular complexity index is 1260. The van der Waals surface area contributed by atoms with Crippen LogP contribution in [0.25, 0.3) is 10.9 Å². The average molecular weight is 512 g/mol. The molecule has 1 aromatic heterocycles. The predicted octanol–water partition coefficient (Wildman–Crippen LogP) is 3.27. The number of rotatable bonds is 12. The van der Waals surface area contributed by atoms with Gasteiger partial charge in [0.25, 0.3) is 5.91 Å². The molecule has 3 aromatic rings. The molecule has 10 nitrogen and oxygen atoms in total. The van der Waals surface area contributed by atoms with Crippen LogP contribution in [0.15, 0.2) is 36.4 Å². The number of anilines is 1. The first kappa shape index (κ1) is 27.5. The van der Waals surface area contributed by atoms with E-state index >= 15 is 0 Å². The van der Waals surface area contributed by atoms with Gasteiger partial charge in [-0.3, -0.25) is 9.78 Å². The van der Waals surface area contributed by atoms with E-state index in [1.807, 2.05) is 6.92 Å². The number of hydrogen-bond donors (Lipinski definition) is 3. The van der Waals surface area contributed by atoms with Crippen molar-refractivity contribution in [1.82, 2.24) is 10.3 Å². The molecule has 1 unspecified atom stereocenters. The van der Waals surface area contributed by atoms with Gasteiger partial charge in [0.15, 0.2) is 11.5 Å². The molecule has 10 heteroatoms. The van der Waals surface area contributed by atoms with Crippen molar-refractivity contribution < 1.29 is 33.6 Å². The minimum Gasteiger partial charge on any atom is -0.493 e. The molecule has 198 valence electrons. The number of aliphatic hydroxyl groups is 1. The smallest absolute Gasteiger partial charge is 0.342 e. The molecule has 37 heavy (non-hydrogen) atoms. The maximum absolute atomic E-state index is 12.9. The molecule has 0 radical (unpaired) electrons. The number of methoxy groups -OCH3 is 1. The Balaban J connectivity index is 1.78. The zero-order valence-corrected chi connectivity index (χ0v) is 21.5. The van der Waals surface area contributed by atoms with E-state index in [1.165, 1.54) is 7.11 Å². The van der Waals surface area contributed by atoms with Crippen LogP contribution in [-0.2, 0) is 4.74 Å². The fourth-order valence-corrected chi connectivity index (χ4v) is 3.83. The number of hydrogen-bond acceptors (Lipinski definition) is 9. The standard InChI is InChI=1S/C27H33N3O7/c1-5-18(30-26(32)17-10-11-20(36-13-12-31)22(14-17)34-4)15-37-21-9-7-8-19-24(21)25(28)23(16(3)29-19)27(33)35-6-2/h7-11,14,18,31H,5-6,12-13,15H2,1-4H3,(H2,28,29)(H,30,32). The number of aryl methyl sites for hydroxylation is 1. The third-order valence-corrected chi connectivity index (χ3v) is 5.72. The van der Waals surface area contributed by atoms with E-state index in [0.717, 1.165) is 0 Å². The van der Waals surface area contributed by atoms with Gasteiger partial charge in [-0.15, -0.1) is 0 Å². The van der Waals surface area contributed by atoms with Crippen LogP contribution >= 0.6 is 0 Å². The van der Waals surface area contributed by atoms with Gasteiger partial charge in [-0.05, 0) is 50.6 Å². The zero-order chi connectivity index (χ0) is 26.9. The summed E-state index contributed by atoms with van der Waals surface area (Å²) in [6.45, 7) is 5.73. The van der Waals surface area contributed by atoms with Gasteiger partial charge in [0.1, 0.15) is 24.5 Å². The number of amides is 1. The molecule has 0 bridgehead atoms. The number of pyridine rings is 1. The van der Waals surface area contributed by atoms with Gasteiger partial charge in [-0.2, -0.15) is 0 Å². The Hall–Kier alpha value is -4.05. The molecule has 0 saturated heterocycles. The lowest BCUT2D eigenvalue weighted by Crippen LogP contribution is -2.38. The SMILES string of the molecule is CCOC(=O)c1c(C)nc2cccc(OCC(CC)NC(=O)c3ccc(OCCO)c(OC)c3)c2c1N. The van der Waals surface area contributed by atoms with Crippen LogP contribution < -0.4 is 25.3 Å². The van der Waals surface area contributed by atoms with Crippen LogP contribution in [0.5, 0.6) is 17.2 Å². The molecule has 1 heterocycles. The van der Waals surface area contributed by atoms with E-state index in [2.05, 4.69) is 10.3 Å². The third kappa shape index (κ3) is 6.39. The van der Waals surface area contributed by atoms with Crippen molar-refractivity contribution in [2.75, 3.05) is 39.3 Å². The summed E-state index contributed by atoms with van der Waals surface area (Å²) in [7, 11) is 1.48. The summed E-state index contributed by atoms with van der Waals surface area (Å²) >= 11 is 0. The van der Waals surface area contributed by atoms with Crippen molar-refractivity contribution in [3.05, 3.63) is 53.2 Å². The average Bonchev–Trinajstić information content (AvgIpc) is 2.89. The number of ether oxygens (including phenoxy) is 4. The van der Waals surface area contributed by atoms with Gasteiger partial charge >= 0.3 is 5.97 Å². The Morgan fingerprint density at radius 2 is 1.89 bits per heavy atom. The molecule has 0 fully saturated rings. The van der Waals surface area contributed by atoms with Crippen LogP contribution in [0.2, 0.25) is 0 Å². The van der Waals surface area contributed by atoms with Crippen molar-refractivity contribution in [1.29, 1.82) is 0 Å².